The average Bonchev–Trinajstić information content (AvgIpc) is 3.05. The molecule has 1 atom stereocenters. The van der Waals surface area contributed by atoms with E-state index in [9.17, 15) is 9.59 Å². The van der Waals surface area contributed by atoms with Crippen molar-refractivity contribution in [3.63, 3.8) is 0 Å². The van der Waals surface area contributed by atoms with Crippen LogP contribution in [0.2, 0.25) is 0 Å². The van der Waals surface area contributed by atoms with E-state index in [-0.39, 0.29) is 11.5 Å². The van der Waals surface area contributed by atoms with Crippen molar-refractivity contribution in [2.75, 3.05) is 39.4 Å². The molecule has 0 unspecified atom stereocenters. The molecule has 3 heterocycles. The van der Waals surface area contributed by atoms with Crippen LogP contribution in [-0.4, -0.2) is 60.2 Å². The van der Waals surface area contributed by atoms with E-state index in [1.165, 1.54) is 10.4 Å². The Bertz CT molecular complexity index is 901. The first-order chi connectivity index (χ1) is 13.6. The van der Waals surface area contributed by atoms with Crippen molar-refractivity contribution in [2.24, 2.45) is 5.92 Å². The van der Waals surface area contributed by atoms with E-state index in [0.29, 0.717) is 31.1 Å². The van der Waals surface area contributed by atoms with E-state index in [0.717, 1.165) is 62.3 Å². The topological polar surface area (TPSA) is 87.3 Å². The Hall–Kier alpha value is -1.77. The van der Waals surface area contributed by atoms with Gasteiger partial charge in [0.25, 0.3) is 5.56 Å². The first-order valence-corrected chi connectivity index (χ1v) is 11.0. The molecule has 0 radical (unpaired) electrons. The Labute approximate surface area is 168 Å². The summed E-state index contributed by atoms with van der Waals surface area (Å²) in [5.74, 6) is 1.27. The van der Waals surface area contributed by atoms with Gasteiger partial charge in [0.2, 0.25) is 5.91 Å². The number of carbonyl (C=O) groups excluding carboxylic acids is 1. The highest BCUT2D eigenvalue weighted by Gasteiger charge is 2.23. The van der Waals surface area contributed by atoms with Crippen molar-refractivity contribution in [1.82, 2.24) is 20.2 Å². The largest absolute Gasteiger partial charge is 0.379 e. The SMILES string of the molecule is C[C@@H]1CCc2c(sc3nc(CCC(=O)NCCN4CCOCC4)[nH]c(=O)c23)C1. The number of aromatic nitrogens is 2. The van der Waals surface area contributed by atoms with Gasteiger partial charge >= 0.3 is 0 Å². The number of amides is 1. The van der Waals surface area contributed by atoms with Crippen molar-refractivity contribution in [1.29, 1.82) is 0 Å². The molecular formula is C20H28N4O3S. The summed E-state index contributed by atoms with van der Waals surface area (Å²) in [7, 11) is 0. The van der Waals surface area contributed by atoms with Crippen LogP contribution in [0.25, 0.3) is 10.2 Å². The number of nitrogens with zero attached hydrogens (tertiary/aromatic N) is 2. The molecule has 0 aromatic carbocycles. The molecule has 7 nitrogen and oxygen atoms in total. The van der Waals surface area contributed by atoms with Gasteiger partial charge in [-0.15, -0.1) is 11.3 Å². The summed E-state index contributed by atoms with van der Waals surface area (Å²) in [6.07, 6.45) is 3.92. The number of thiophene rings is 1. The lowest BCUT2D eigenvalue weighted by Gasteiger charge is -2.26. The van der Waals surface area contributed by atoms with E-state index in [2.05, 4.69) is 27.1 Å². The number of rotatable bonds is 6. The Morgan fingerprint density at radius 2 is 2.21 bits per heavy atom. The zero-order chi connectivity index (χ0) is 19.5. The van der Waals surface area contributed by atoms with Crippen LogP contribution in [0.4, 0.5) is 0 Å². The maximum atomic E-state index is 12.6. The van der Waals surface area contributed by atoms with Crippen LogP contribution in [0, 0.1) is 5.92 Å². The van der Waals surface area contributed by atoms with Gasteiger partial charge in [0, 0.05) is 43.9 Å². The molecule has 0 spiro atoms. The summed E-state index contributed by atoms with van der Waals surface area (Å²) in [5, 5.41) is 3.73. The number of H-pyrrole nitrogens is 1. The van der Waals surface area contributed by atoms with E-state index in [1.54, 1.807) is 11.3 Å². The molecule has 2 aromatic rings. The number of carbonyl (C=O) groups is 1. The fraction of sp³-hybridized carbons (Fsp3) is 0.650. The van der Waals surface area contributed by atoms with Gasteiger partial charge in [0.15, 0.2) is 0 Å². The summed E-state index contributed by atoms with van der Waals surface area (Å²) >= 11 is 1.65. The van der Waals surface area contributed by atoms with Crippen molar-refractivity contribution in [3.05, 3.63) is 26.6 Å². The van der Waals surface area contributed by atoms with Gasteiger partial charge in [-0.1, -0.05) is 6.92 Å². The summed E-state index contributed by atoms with van der Waals surface area (Å²) in [4.78, 5) is 36.7. The average molecular weight is 405 g/mol. The third kappa shape index (κ3) is 4.45. The Balaban J connectivity index is 1.33. The maximum absolute atomic E-state index is 12.6. The second kappa shape index (κ2) is 8.71. The number of aryl methyl sites for hydroxylation is 2. The molecule has 2 aromatic heterocycles. The smallest absolute Gasteiger partial charge is 0.259 e. The molecular weight excluding hydrogens is 376 g/mol. The standard InChI is InChI=1S/C20H28N4O3S/c1-13-2-3-14-15(12-13)28-20-18(14)19(26)22-16(23-20)4-5-17(25)21-6-7-24-8-10-27-11-9-24/h13H,2-12H2,1H3,(H,21,25)(H,22,23,26)/t13-/m1/s1. The van der Waals surface area contributed by atoms with E-state index in [1.807, 2.05) is 0 Å². The second-order valence-electron chi connectivity index (χ2n) is 7.85. The predicted octanol–water partition coefficient (Wildman–Crippen LogP) is 1.49. The molecule has 2 aliphatic rings. The second-order valence-corrected chi connectivity index (χ2v) is 8.93. The van der Waals surface area contributed by atoms with Gasteiger partial charge in [0.1, 0.15) is 10.7 Å². The predicted molar refractivity (Wildman–Crippen MR) is 110 cm³/mol. The van der Waals surface area contributed by atoms with Crippen molar-refractivity contribution < 1.29 is 9.53 Å². The molecule has 1 aliphatic carbocycles. The van der Waals surface area contributed by atoms with Gasteiger partial charge in [-0.2, -0.15) is 0 Å². The third-order valence-electron chi connectivity index (χ3n) is 5.66. The Morgan fingerprint density at radius 3 is 3.04 bits per heavy atom. The fourth-order valence-electron chi connectivity index (χ4n) is 4.01. The Kier molecular flexibility index (Phi) is 6.08. The molecule has 1 saturated heterocycles. The minimum absolute atomic E-state index is 0.00435. The zero-order valence-electron chi connectivity index (χ0n) is 16.4. The van der Waals surface area contributed by atoms with Crippen molar-refractivity contribution >= 4 is 27.5 Å². The number of nitrogens with one attached hydrogen (secondary N) is 2. The number of aromatic amines is 1. The van der Waals surface area contributed by atoms with Crippen LogP contribution < -0.4 is 10.9 Å². The van der Waals surface area contributed by atoms with Crippen LogP contribution in [-0.2, 0) is 28.8 Å². The van der Waals surface area contributed by atoms with Crippen molar-refractivity contribution in [2.45, 2.75) is 39.0 Å². The summed E-state index contributed by atoms with van der Waals surface area (Å²) < 4.78 is 5.32. The molecule has 28 heavy (non-hydrogen) atoms. The van der Waals surface area contributed by atoms with Gasteiger partial charge in [-0.05, 0) is 30.7 Å². The molecule has 0 bridgehead atoms. The summed E-state index contributed by atoms with van der Waals surface area (Å²) in [6, 6.07) is 0. The van der Waals surface area contributed by atoms with Gasteiger partial charge in [-0.25, -0.2) is 4.98 Å². The van der Waals surface area contributed by atoms with Crippen molar-refractivity contribution in [3.8, 4) is 0 Å². The lowest BCUT2D eigenvalue weighted by molar-refractivity contribution is -0.121. The lowest BCUT2D eigenvalue weighted by Crippen LogP contribution is -2.41. The number of hydrogen-bond acceptors (Lipinski definition) is 6. The van der Waals surface area contributed by atoms with E-state index < -0.39 is 0 Å². The van der Waals surface area contributed by atoms with Crippen LogP contribution >= 0.6 is 11.3 Å². The van der Waals surface area contributed by atoms with Crippen LogP contribution in [0.3, 0.4) is 0 Å². The molecule has 2 N–H and O–H groups in total. The summed E-state index contributed by atoms with van der Waals surface area (Å²) in [5.41, 5.74) is 1.14. The van der Waals surface area contributed by atoms with Crippen LogP contribution in [0.15, 0.2) is 4.79 Å². The van der Waals surface area contributed by atoms with Crippen LogP contribution in [0.1, 0.15) is 36.0 Å². The summed E-state index contributed by atoms with van der Waals surface area (Å²) in [6.45, 7) is 7.11. The maximum Gasteiger partial charge on any atom is 0.259 e. The van der Waals surface area contributed by atoms with E-state index >= 15 is 0 Å². The monoisotopic (exact) mass is 404 g/mol. The van der Waals surface area contributed by atoms with E-state index in [4.69, 9.17) is 4.74 Å². The molecule has 8 heteroatoms. The Morgan fingerprint density at radius 1 is 1.39 bits per heavy atom. The first-order valence-electron chi connectivity index (χ1n) is 10.2. The molecule has 1 aliphatic heterocycles. The number of hydrogen-bond donors (Lipinski definition) is 2. The van der Waals surface area contributed by atoms with Crippen LogP contribution in [0.5, 0.6) is 0 Å². The highest BCUT2D eigenvalue weighted by atomic mass is 32.1. The minimum atomic E-state index is -0.0558. The molecule has 4 rings (SSSR count). The number of ether oxygens (including phenoxy) is 1. The van der Waals surface area contributed by atoms with Gasteiger partial charge < -0.3 is 15.0 Å². The molecule has 152 valence electrons. The molecule has 1 amide bonds. The minimum Gasteiger partial charge on any atom is -0.379 e. The lowest BCUT2D eigenvalue weighted by atomic mass is 9.89. The quantitative estimate of drug-likeness (QED) is 0.762. The highest BCUT2D eigenvalue weighted by Crippen LogP contribution is 2.35. The number of morpholine rings is 1. The molecule has 1 fully saturated rings. The molecule has 0 saturated carbocycles. The number of fused-ring (bicyclic) bond motifs is 3. The fourth-order valence-corrected chi connectivity index (χ4v) is 5.41. The highest BCUT2D eigenvalue weighted by molar-refractivity contribution is 7.18. The normalized spacial score (nSPS) is 20.2. The third-order valence-corrected chi connectivity index (χ3v) is 6.81. The van der Waals surface area contributed by atoms with Gasteiger partial charge in [-0.3, -0.25) is 14.5 Å². The van der Waals surface area contributed by atoms with Gasteiger partial charge in [0.05, 0.1) is 18.6 Å². The zero-order valence-corrected chi connectivity index (χ0v) is 17.2. The first kappa shape index (κ1) is 19.5.